The molecule has 0 amide bonds. The minimum Gasteiger partial charge on any atom is -0.490 e. The van der Waals surface area contributed by atoms with E-state index < -0.39 is 0 Å². The van der Waals surface area contributed by atoms with Crippen molar-refractivity contribution in [1.29, 1.82) is 0 Å². The fraction of sp³-hybridized carbons (Fsp3) is 0.250. The lowest BCUT2D eigenvalue weighted by molar-refractivity contribution is 0.302. The number of anilines is 1. The lowest BCUT2D eigenvalue weighted by atomic mass is 10.1. The van der Waals surface area contributed by atoms with Crippen molar-refractivity contribution in [3.8, 4) is 5.75 Å². The Morgan fingerprint density at radius 2 is 1.72 bits per heavy atom. The molecule has 0 unspecified atom stereocenters. The van der Waals surface area contributed by atoms with Crippen LogP contribution in [0.3, 0.4) is 0 Å². The average molecular weight is 239 g/mol. The molecule has 1 atom stereocenters. The lowest BCUT2D eigenvalue weighted by Gasteiger charge is -2.36. The molecule has 2 aromatic rings. The second-order valence-electron chi connectivity index (χ2n) is 4.60. The normalized spacial score (nSPS) is 15.7. The number of para-hydroxylation sites is 2. The van der Waals surface area contributed by atoms with E-state index in [1.165, 1.54) is 11.3 Å². The molecular formula is C16H17NO. The molecule has 0 radical (unpaired) electrons. The third-order valence-corrected chi connectivity index (χ3v) is 3.51. The van der Waals surface area contributed by atoms with Crippen molar-refractivity contribution in [2.75, 3.05) is 18.1 Å². The van der Waals surface area contributed by atoms with Gasteiger partial charge in [-0.2, -0.15) is 0 Å². The zero-order chi connectivity index (χ0) is 12.4. The molecule has 0 N–H and O–H groups in total. The van der Waals surface area contributed by atoms with E-state index in [0.717, 1.165) is 18.9 Å². The molecule has 1 aliphatic rings. The van der Waals surface area contributed by atoms with Gasteiger partial charge in [0.2, 0.25) is 0 Å². The number of fused-ring (bicyclic) bond motifs is 1. The molecule has 18 heavy (non-hydrogen) atoms. The van der Waals surface area contributed by atoms with Crippen molar-refractivity contribution in [3.05, 3.63) is 60.2 Å². The highest BCUT2D eigenvalue weighted by molar-refractivity contribution is 5.61. The highest BCUT2D eigenvalue weighted by atomic mass is 16.5. The first kappa shape index (κ1) is 11.1. The molecule has 0 spiro atoms. The third-order valence-electron chi connectivity index (χ3n) is 3.51. The molecule has 3 rings (SSSR count). The van der Waals surface area contributed by atoms with Crippen LogP contribution in [0.4, 0.5) is 5.69 Å². The zero-order valence-corrected chi connectivity index (χ0v) is 10.5. The van der Waals surface area contributed by atoms with Crippen molar-refractivity contribution in [2.45, 2.75) is 13.0 Å². The fourth-order valence-corrected chi connectivity index (χ4v) is 2.50. The summed E-state index contributed by atoms with van der Waals surface area (Å²) in [7, 11) is 0. The molecule has 2 aromatic carbocycles. The summed E-state index contributed by atoms with van der Waals surface area (Å²) in [6.45, 7) is 3.94. The van der Waals surface area contributed by atoms with Gasteiger partial charge in [0, 0.05) is 0 Å². The van der Waals surface area contributed by atoms with E-state index in [1.807, 2.05) is 12.1 Å². The molecule has 0 bridgehead atoms. The van der Waals surface area contributed by atoms with Gasteiger partial charge in [0.1, 0.15) is 12.4 Å². The van der Waals surface area contributed by atoms with Gasteiger partial charge in [0.15, 0.2) is 0 Å². The summed E-state index contributed by atoms with van der Waals surface area (Å²) in [5, 5.41) is 0. The Bertz CT molecular complexity index is 524. The van der Waals surface area contributed by atoms with Crippen LogP contribution >= 0.6 is 0 Å². The fourth-order valence-electron chi connectivity index (χ4n) is 2.50. The second-order valence-corrected chi connectivity index (χ2v) is 4.60. The first-order valence-electron chi connectivity index (χ1n) is 6.39. The Morgan fingerprint density at radius 3 is 2.56 bits per heavy atom. The van der Waals surface area contributed by atoms with Gasteiger partial charge < -0.3 is 9.64 Å². The van der Waals surface area contributed by atoms with Crippen molar-refractivity contribution >= 4 is 5.69 Å². The van der Waals surface area contributed by atoms with Crippen LogP contribution < -0.4 is 9.64 Å². The molecule has 2 heteroatoms. The minimum absolute atomic E-state index is 0.372. The van der Waals surface area contributed by atoms with Crippen molar-refractivity contribution < 1.29 is 4.74 Å². The minimum atomic E-state index is 0.372. The van der Waals surface area contributed by atoms with E-state index in [1.54, 1.807) is 0 Å². The molecule has 0 aliphatic carbocycles. The summed E-state index contributed by atoms with van der Waals surface area (Å²) in [4.78, 5) is 2.41. The summed E-state index contributed by atoms with van der Waals surface area (Å²) in [6, 6.07) is 19.3. The van der Waals surface area contributed by atoms with Crippen molar-refractivity contribution in [1.82, 2.24) is 0 Å². The first-order valence-corrected chi connectivity index (χ1v) is 6.39. The van der Waals surface area contributed by atoms with Gasteiger partial charge in [-0.05, 0) is 24.6 Å². The van der Waals surface area contributed by atoms with Gasteiger partial charge in [-0.25, -0.2) is 0 Å². The molecular weight excluding hydrogens is 222 g/mol. The Kier molecular flexibility index (Phi) is 2.93. The van der Waals surface area contributed by atoms with Crippen molar-refractivity contribution in [3.63, 3.8) is 0 Å². The number of hydrogen-bond acceptors (Lipinski definition) is 2. The highest BCUT2D eigenvalue weighted by Crippen LogP contribution is 2.36. The van der Waals surface area contributed by atoms with Crippen molar-refractivity contribution in [2.24, 2.45) is 0 Å². The predicted octanol–water partition coefficient (Wildman–Crippen LogP) is 3.65. The molecule has 0 fully saturated rings. The molecule has 2 nitrogen and oxygen atoms in total. The van der Waals surface area contributed by atoms with E-state index in [9.17, 15) is 0 Å². The van der Waals surface area contributed by atoms with Crippen LogP contribution in [0.5, 0.6) is 5.75 Å². The van der Waals surface area contributed by atoms with E-state index in [4.69, 9.17) is 4.74 Å². The molecule has 0 aromatic heterocycles. The van der Waals surface area contributed by atoms with Gasteiger partial charge in [-0.3, -0.25) is 0 Å². The Labute approximate surface area is 108 Å². The first-order chi connectivity index (χ1) is 8.86. The standard InChI is InChI=1S/C16H17NO/c1-13(14-7-3-2-4-8-14)17-11-12-18-16-10-6-5-9-15(16)17/h2-10,13H,11-12H2,1H3/t13-/m0/s1. The molecule has 1 aliphatic heterocycles. The lowest BCUT2D eigenvalue weighted by Crippen LogP contribution is -2.34. The van der Waals surface area contributed by atoms with Crippen LogP contribution in [-0.4, -0.2) is 13.2 Å². The largest absolute Gasteiger partial charge is 0.490 e. The zero-order valence-electron chi connectivity index (χ0n) is 10.5. The maximum Gasteiger partial charge on any atom is 0.142 e. The smallest absolute Gasteiger partial charge is 0.142 e. The van der Waals surface area contributed by atoms with Crippen LogP contribution in [0, 0.1) is 0 Å². The Balaban J connectivity index is 1.94. The second kappa shape index (κ2) is 4.73. The average Bonchev–Trinajstić information content (AvgIpc) is 2.47. The highest BCUT2D eigenvalue weighted by Gasteiger charge is 2.22. The van der Waals surface area contributed by atoms with Gasteiger partial charge in [-0.1, -0.05) is 42.5 Å². The number of benzene rings is 2. The van der Waals surface area contributed by atoms with Crippen LogP contribution in [0.1, 0.15) is 18.5 Å². The van der Waals surface area contributed by atoms with E-state index in [-0.39, 0.29) is 0 Å². The third kappa shape index (κ3) is 1.94. The number of hydrogen-bond donors (Lipinski definition) is 0. The molecule has 92 valence electrons. The van der Waals surface area contributed by atoms with Gasteiger partial charge in [0.05, 0.1) is 18.3 Å². The summed E-state index contributed by atoms with van der Waals surface area (Å²) >= 11 is 0. The summed E-state index contributed by atoms with van der Waals surface area (Å²) in [6.07, 6.45) is 0. The van der Waals surface area contributed by atoms with E-state index in [2.05, 4.69) is 54.3 Å². The summed E-state index contributed by atoms with van der Waals surface area (Å²) in [5.41, 5.74) is 2.54. The van der Waals surface area contributed by atoms with E-state index in [0.29, 0.717) is 6.04 Å². The molecule has 1 heterocycles. The van der Waals surface area contributed by atoms with E-state index >= 15 is 0 Å². The molecule has 0 saturated carbocycles. The van der Waals surface area contributed by atoms with Gasteiger partial charge in [0.25, 0.3) is 0 Å². The number of rotatable bonds is 2. The topological polar surface area (TPSA) is 12.5 Å². The maximum absolute atomic E-state index is 5.70. The Hall–Kier alpha value is -1.96. The van der Waals surface area contributed by atoms with Crippen LogP contribution in [0.25, 0.3) is 0 Å². The van der Waals surface area contributed by atoms with Crippen LogP contribution in [0.15, 0.2) is 54.6 Å². The summed E-state index contributed by atoms with van der Waals surface area (Å²) < 4.78 is 5.70. The molecule has 0 saturated heterocycles. The van der Waals surface area contributed by atoms with Crippen LogP contribution in [0.2, 0.25) is 0 Å². The Morgan fingerprint density at radius 1 is 1.00 bits per heavy atom. The number of nitrogens with zero attached hydrogens (tertiary/aromatic N) is 1. The summed E-state index contributed by atoms with van der Waals surface area (Å²) in [5.74, 6) is 0.992. The maximum atomic E-state index is 5.70. The van der Waals surface area contributed by atoms with Gasteiger partial charge in [-0.15, -0.1) is 0 Å². The van der Waals surface area contributed by atoms with Crippen LogP contribution in [-0.2, 0) is 0 Å². The SMILES string of the molecule is C[C@@H](c1ccccc1)N1CCOc2ccccc21. The quantitative estimate of drug-likeness (QED) is 0.793. The van der Waals surface area contributed by atoms with Gasteiger partial charge >= 0.3 is 0 Å². The number of ether oxygens (including phenoxy) is 1. The predicted molar refractivity (Wildman–Crippen MR) is 74.1 cm³/mol. The monoisotopic (exact) mass is 239 g/mol.